The van der Waals surface area contributed by atoms with Crippen LogP contribution >= 0.6 is 11.8 Å². The van der Waals surface area contributed by atoms with E-state index in [2.05, 4.69) is 18.3 Å². The van der Waals surface area contributed by atoms with Gasteiger partial charge in [-0.3, -0.25) is 14.5 Å². The minimum Gasteiger partial charge on any atom is -0.356 e. The molecule has 3 aliphatic rings. The summed E-state index contributed by atoms with van der Waals surface area (Å²) in [5.74, 6) is 0.295. The number of benzene rings is 1. The number of carbonyl (C=O) groups is 3. The molecule has 0 spiro atoms. The summed E-state index contributed by atoms with van der Waals surface area (Å²) in [4.78, 5) is 42.4. The molecule has 1 saturated carbocycles. The van der Waals surface area contributed by atoms with E-state index in [0.717, 1.165) is 57.1 Å². The van der Waals surface area contributed by atoms with Crippen LogP contribution in [0.5, 0.6) is 0 Å². The van der Waals surface area contributed by atoms with Gasteiger partial charge in [-0.05, 0) is 61.1 Å². The van der Waals surface area contributed by atoms with E-state index >= 15 is 0 Å². The van der Waals surface area contributed by atoms with Gasteiger partial charge in [-0.25, -0.2) is 4.79 Å². The second-order valence-electron chi connectivity index (χ2n) is 9.76. The van der Waals surface area contributed by atoms with E-state index in [1.165, 1.54) is 16.7 Å². The molecular weight excluding hydrogens is 460 g/mol. The number of amides is 4. The number of urea groups is 1. The van der Waals surface area contributed by atoms with Crippen LogP contribution in [0.2, 0.25) is 0 Å². The molecule has 2 atom stereocenters. The summed E-state index contributed by atoms with van der Waals surface area (Å²) in [7, 11) is 0. The number of nitrogens with one attached hydrogen (secondary N) is 1. The number of imide groups is 1. The topological polar surface area (TPSA) is 93.5 Å². The number of carbonyl (C=O) groups excluding carboxylic acids is 3. The highest BCUT2D eigenvalue weighted by Gasteiger charge is 2.47. The Morgan fingerprint density at radius 1 is 1.14 bits per heavy atom. The Bertz CT molecular complexity index is 995. The van der Waals surface area contributed by atoms with Gasteiger partial charge in [0.1, 0.15) is 5.25 Å². The van der Waals surface area contributed by atoms with Crippen molar-refractivity contribution >= 4 is 29.6 Å². The van der Waals surface area contributed by atoms with Gasteiger partial charge < -0.3 is 10.2 Å². The van der Waals surface area contributed by atoms with Gasteiger partial charge in [0.25, 0.3) is 0 Å². The van der Waals surface area contributed by atoms with Gasteiger partial charge in [-0.1, -0.05) is 38.0 Å². The van der Waals surface area contributed by atoms with Gasteiger partial charge in [-0.2, -0.15) is 5.26 Å². The van der Waals surface area contributed by atoms with Crippen molar-refractivity contribution in [3.05, 3.63) is 46.9 Å². The highest BCUT2D eigenvalue weighted by atomic mass is 32.2. The quantitative estimate of drug-likeness (QED) is 0.513. The van der Waals surface area contributed by atoms with Crippen LogP contribution in [0.15, 0.2) is 35.7 Å². The first-order valence-electron chi connectivity index (χ1n) is 12.7. The van der Waals surface area contributed by atoms with Crippen molar-refractivity contribution in [1.82, 2.24) is 15.1 Å². The van der Waals surface area contributed by atoms with Gasteiger partial charge >= 0.3 is 6.03 Å². The Balaban J connectivity index is 1.36. The predicted molar refractivity (Wildman–Crippen MR) is 136 cm³/mol. The number of thioether (sulfide) groups is 1. The minimum atomic E-state index is -0.309. The average molecular weight is 495 g/mol. The van der Waals surface area contributed by atoms with Crippen LogP contribution in [0.25, 0.3) is 0 Å². The number of unbranched alkanes of at least 4 members (excludes halogenated alkanes) is 2. The maximum Gasteiger partial charge on any atom is 0.327 e. The van der Waals surface area contributed by atoms with E-state index in [0.29, 0.717) is 18.7 Å². The standard InChI is InChI=1S/C27H34N4O3S/c1-2-3-4-14-29-25(32)22-11-9-21(10-12-22)18-31-26(33)24-23(13-15-35-24)30(27(31)34)17-20-7-5-19(16-28)6-8-20/h5-8,13,15,21-24H,2-4,9-12,14,17-18H2,1H3,(H,29,32). The van der Waals surface area contributed by atoms with Gasteiger partial charge in [0.05, 0.1) is 17.7 Å². The van der Waals surface area contributed by atoms with E-state index in [9.17, 15) is 14.4 Å². The first-order chi connectivity index (χ1) is 17.0. The molecule has 0 radical (unpaired) electrons. The Labute approximate surface area is 211 Å². The Hall–Kier alpha value is -2.79. The number of hydrogen-bond donors (Lipinski definition) is 1. The second kappa shape index (κ2) is 11.8. The summed E-state index contributed by atoms with van der Waals surface area (Å²) >= 11 is 1.48. The number of rotatable bonds is 9. The lowest BCUT2D eigenvalue weighted by Crippen LogP contribution is -2.62. The van der Waals surface area contributed by atoms with E-state index in [1.807, 2.05) is 23.6 Å². The van der Waals surface area contributed by atoms with Crippen LogP contribution in [-0.2, 0) is 16.1 Å². The molecule has 0 aromatic heterocycles. The third-order valence-corrected chi connectivity index (χ3v) is 8.42. The molecule has 2 aliphatic heterocycles. The van der Waals surface area contributed by atoms with Crippen LogP contribution in [0.3, 0.4) is 0 Å². The molecule has 0 bridgehead atoms. The van der Waals surface area contributed by atoms with Gasteiger partial charge in [-0.15, -0.1) is 11.8 Å². The lowest BCUT2D eigenvalue weighted by atomic mass is 9.81. The molecular formula is C27H34N4O3S. The molecule has 7 nitrogen and oxygen atoms in total. The molecule has 4 rings (SSSR count). The Kier molecular flexibility index (Phi) is 8.50. The Morgan fingerprint density at radius 3 is 2.57 bits per heavy atom. The van der Waals surface area contributed by atoms with Gasteiger partial charge in [0.2, 0.25) is 11.8 Å². The third-order valence-electron chi connectivity index (χ3n) is 7.33. The third kappa shape index (κ3) is 5.90. The molecule has 1 aromatic carbocycles. The monoisotopic (exact) mass is 494 g/mol. The van der Waals surface area contributed by atoms with Crippen LogP contribution < -0.4 is 5.32 Å². The van der Waals surface area contributed by atoms with Crippen LogP contribution in [-0.4, -0.2) is 52.0 Å². The lowest BCUT2D eigenvalue weighted by molar-refractivity contribution is -0.132. The summed E-state index contributed by atoms with van der Waals surface area (Å²) in [6.07, 6.45) is 8.52. The summed E-state index contributed by atoms with van der Waals surface area (Å²) in [5, 5.41) is 13.7. The maximum atomic E-state index is 13.5. The molecule has 35 heavy (non-hydrogen) atoms. The summed E-state index contributed by atoms with van der Waals surface area (Å²) in [6.45, 7) is 3.70. The first-order valence-corrected chi connectivity index (χ1v) is 13.7. The molecule has 8 heteroatoms. The van der Waals surface area contributed by atoms with E-state index in [4.69, 9.17) is 5.26 Å². The van der Waals surface area contributed by atoms with Gasteiger partial charge in [0.15, 0.2) is 0 Å². The molecule has 1 N–H and O–H groups in total. The minimum absolute atomic E-state index is 0.0347. The first kappa shape index (κ1) is 25.3. The van der Waals surface area contributed by atoms with Crippen molar-refractivity contribution in [2.75, 3.05) is 13.1 Å². The number of nitriles is 1. The fraction of sp³-hybridized carbons (Fsp3) is 0.556. The van der Waals surface area contributed by atoms with Crippen molar-refractivity contribution in [1.29, 1.82) is 5.26 Å². The molecule has 186 valence electrons. The van der Waals surface area contributed by atoms with Crippen molar-refractivity contribution in [3.63, 3.8) is 0 Å². The molecule has 1 aliphatic carbocycles. The van der Waals surface area contributed by atoms with Crippen molar-refractivity contribution in [3.8, 4) is 6.07 Å². The maximum absolute atomic E-state index is 13.5. The molecule has 2 unspecified atom stereocenters. The smallest absolute Gasteiger partial charge is 0.327 e. The zero-order valence-electron chi connectivity index (χ0n) is 20.3. The summed E-state index contributed by atoms with van der Waals surface area (Å²) in [5.41, 5.74) is 1.51. The number of fused-ring (bicyclic) bond motifs is 1. The van der Waals surface area contributed by atoms with E-state index in [-0.39, 0.29) is 41.0 Å². The lowest BCUT2D eigenvalue weighted by Gasteiger charge is -2.43. The molecule has 2 heterocycles. The van der Waals surface area contributed by atoms with Crippen LogP contribution in [0, 0.1) is 23.2 Å². The average Bonchev–Trinajstić information content (AvgIpc) is 3.38. The van der Waals surface area contributed by atoms with Crippen LogP contribution in [0.4, 0.5) is 4.79 Å². The fourth-order valence-corrected chi connectivity index (χ4v) is 6.28. The van der Waals surface area contributed by atoms with Gasteiger partial charge in [0, 0.05) is 25.6 Å². The zero-order chi connectivity index (χ0) is 24.8. The second-order valence-corrected chi connectivity index (χ2v) is 10.8. The van der Waals surface area contributed by atoms with Crippen molar-refractivity contribution < 1.29 is 14.4 Å². The van der Waals surface area contributed by atoms with E-state index in [1.54, 1.807) is 17.0 Å². The highest BCUT2D eigenvalue weighted by Crippen LogP contribution is 2.37. The van der Waals surface area contributed by atoms with Crippen molar-refractivity contribution in [2.45, 2.75) is 69.7 Å². The SMILES string of the molecule is CCCCCNC(=O)C1CCC(CN2C(=O)C3SC=CC3N(Cc3ccc(C#N)cc3)C2=O)CC1. The zero-order valence-corrected chi connectivity index (χ0v) is 21.1. The normalized spacial score (nSPS) is 25.9. The molecule has 1 saturated heterocycles. The predicted octanol–water partition coefficient (Wildman–Crippen LogP) is 4.43. The summed E-state index contributed by atoms with van der Waals surface area (Å²) in [6, 6.07) is 8.85. The molecule has 4 amide bonds. The summed E-state index contributed by atoms with van der Waals surface area (Å²) < 4.78 is 0. The Morgan fingerprint density at radius 2 is 1.89 bits per heavy atom. The van der Waals surface area contributed by atoms with E-state index < -0.39 is 0 Å². The van der Waals surface area contributed by atoms with Crippen molar-refractivity contribution in [2.24, 2.45) is 11.8 Å². The molecule has 2 fully saturated rings. The molecule has 1 aromatic rings. The fourth-order valence-electron chi connectivity index (χ4n) is 5.21. The highest BCUT2D eigenvalue weighted by molar-refractivity contribution is 8.03. The largest absolute Gasteiger partial charge is 0.356 e. The number of nitrogens with zero attached hydrogens (tertiary/aromatic N) is 3. The van der Waals surface area contributed by atoms with Crippen LogP contribution in [0.1, 0.15) is 63.0 Å². The number of hydrogen-bond acceptors (Lipinski definition) is 5.